The lowest BCUT2D eigenvalue weighted by molar-refractivity contribution is 0.416. The normalized spacial score (nSPS) is 12.3. The zero-order chi connectivity index (χ0) is 15.5. The summed E-state index contributed by atoms with van der Waals surface area (Å²) in [5, 5.41) is 4.41. The number of methoxy groups -OCH3 is 1. The number of aromatic nitrogens is 1. The number of benzene rings is 2. The van der Waals surface area contributed by atoms with E-state index in [4.69, 9.17) is 9.72 Å². The van der Waals surface area contributed by atoms with Gasteiger partial charge in [-0.1, -0.05) is 30.3 Å². The number of pyridine rings is 1. The van der Waals surface area contributed by atoms with Gasteiger partial charge in [0.2, 0.25) is 0 Å². The van der Waals surface area contributed by atoms with Crippen LogP contribution < -0.4 is 10.1 Å². The molecule has 3 nitrogen and oxygen atoms in total. The number of ether oxygens (including phenoxy) is 1. The van der Waals surface area contributed by atoms with Crippen LogP contribution in [0.5, 0.6) is 5.75 Å². The Labute approximate surface area is 131 Å². The van der Waals surface area contributed by atoms with E-state index in [9.17, 15) is 0 Å². The third-order valence-corrected chi connectivity index (χ3v) is 4.03. The second-order valence-electron chi connectivity index (χ2n) is 5.36. The van der Waals surface area contributed by atoms with E-state index in [1.165, 1.54) is 5.56 Å². The molecule has 22 heavy (non-hydrogen) atoms. The molecule has 1 aromatic heterocycles. The molecule has 0 saturated heterocycles. The Balaban J connectivity index is 2.14. The lowest BCUT2D eigenvalue weighted by atomic mass is 10.0. The lowest BCUT2D eigenvalue weighted by Crippen LogP contribution is -2.12. The first-order chi connectivity index (χ1) is 10.7. The molecule has 0 radical (unpaired) electrons. The molecule has 0 aliphatic carbocycles. The first-order valence-corrected chi connectivity index (χ1v) is 7.44. The summed E-state index contributed by atoms with van der Waals surface area (Å²) in [5.41, 5.74) is 4.16. The van der Waals surface area contributed by atoms with Crippen molar-refractivity contribution in [1.82, 2.24) is 10.3 Å². The summed E-state index contributed by atoms with van der Waals surface area (Å²) in [6.45, 7) is 2.14. The van der Waals surface area contributed by atoms with Gasteiger partial charge < -0.3 is 10.1 Å². The van der Waals surface area contributed by atoms with Crippen molar-refractivity contribution in [2.45, 2.75) is 13.0 Å². The first kappa shape index (κ1) is 14.5. The number of nitrogens with zero attached hydrogens (tertiary/aromatic N) is 1. The summed E-state index contributed by atoms with van der Waals surface area (Å²) in [5.74, 6) is 0.842. The summed E-state index contributed by atoms with van der Waals surface area (Å²) < 4.78 is 5.52. The molecule has 2 aromatic carbocycles. The van der Waals surface area contributed by atoms with Crippen LogP contribution in [0.25, 0.3) is 22.2 Å². The molecule has 0 aliphatic heterocycles. The van der Waals surface area contributed by atoms with Crippen LogP contribution >= 0.6 is 0 Å². The van der Waals surface area contributed by atoms with Crippen LogP contribution in [0.15, 0.2) is 54.6 Å². The van der Waals surface area contributed by atoms with Crippen LogP contribution in [-0.2, 0) is 0 Å². The predicted octanol–water partition coefficient (Wildman–Crippen LogP) is 4.19. The molecule has 1 atom stereocenters. The maximum Gasteiger partial charge on any atom is 0.128 e. The molecule has 0 aliphatic rings. The van der Waals surface area contributed by atoms with Gasteiger partial charge in [-0.3, -0.25) is 0 Å². The van der Waals surface area contributed by atoms with Gasteiger partial charge in [-0.15, -0.1) is 0 Å². The van der Waals surface area contributed by atoms with E-state index in [0.29, 0.717) is 0 Å². The second-order valence-corrected chi connectivity index (χ2v) is 5.36. The number of hydrogen-bond donors (Lipinski definition) is 1. The van der Waals surface area contributed by atoms with Crippen molar-refractivity contribution >= 4 is 10.9 Å². The third-order valence-electron chi connectivity index (χ3n) is 4.03. The molecular formula is C19H20N2O. The minimum Gasteiger partial charge on any atom is -0.496 e. The summed E-state index contributed by atoms with van der Waals surface area (Å²) in [6, 6.07) is 18.8. The molecular weight excluding hydrogens is 272 g/mol. The topological polar surface area (TPSA) is 34.1 Å². The summed E-state index contributed by atoms with van der Waals surface area (Å²) >= 11 is 0. The zero-order valence-electron chi connectivity index (χ0n) is 13.1. The van der Waals surface area contributed by atoms with Crippen molar-refractivity contribution < 1.29 is 4.74 Å². The van der Waals surface area contributed by atoms with E-state index < -0.39 is 0 Å². The quantitative estimate of drug-likeness (QED) is 0.783. The van der Waals surface area contributed by atoms with E-state index >= 15 is 0 Å². The standard InChI is InChI=1S/C19H20N2O/c1-13(20-2)15-9-11-19(22-3)16(12-15)18-10-8-14-6-4-5-7-17(14)21-18/h4-13,20H,1-3H3. The van der Waals surface area contributed by atoms with Crippen molar-refractivity contribution in [3.63, 3.8) is 0 Å². The zero-order valence-corrected chi connectivity index (χ0v) is 13.1. The highest BCUT2D eigenvalue weighted by molar-refractivity contribution is 5.82. The Morgan fingerprint density at radius 1 is 1.05 bits per heavy atom. The smallest absolute Gasteiger partial charge is 0.128 e. The fraction of sp³-hybridized carbons (Fsp3) is 0.211. The maximum atomic E-state index is 5.52. The molecule has 0 amide bonds. The van der Waals surface area contributed by atoms with E-state index in [-0.39, 0.29) is 6.04 Å². The van der Waals surface area contributed by atoms with E-state index in [0.717, 1.165) is 27.9 Å². The molecule has 1 N–H and O–H groups in total. The van der Waals surface area contributed by atoms with Crippen LogP contribution in [-0.4, -0.2) is 19.1 Å². The highest BCUT2D eigenvalue weighted by Gasteiger charge is 2.11. The molecule has 3 rings (SSSR count). The highest BCUT2D eigenvalue weighted by atomic mass is 16.5. The SMILES string of the molecule is CNC(C)c1ccc(OC)c(-c2ccc3ccccc3n2)c1. The van der Waals surface area contributed by atoms with Crippen molar-refractivity contribution in [3.05, 3.63) is 60.2 Å². The number of hydrogen-bond acceptors (Lipinski definition) is 3. The van der Waals surface area contributed by atoms with Gasteiger partial charge in [0.15, 0.2) is 0 Å². The molecule has 112 valence electrons. The fourth-order valence-corrected chi connectivity index (χ4v) is 2.58. The van der Waals surface area contributed by atoms with Gasteiger partial charge >= 0.3 is 0 Å². The highest BCUT2D eigenvalue weighted by Crippen LogP contribution is 2.32. The fourth-order valence-electron chi connectivity index (χ4n) is 2.58. The third kappa shape index (κ3) is 2.68. The number of nitrogens with one attached hydrogen (secondary N) is 1. The Bertz CT molecular complexity index is 798. The molecule has 0 saturated carbocycles. The summed E-state index contributed by atoms with van der Waals surface area (Å²) in [7, 11) is 3.66. The van der Waals surface area contributed by atoms with Gasteiger partial charge in [0, 0.05) is 17.0 Å². The van der Waals surface area contributed by atoms with Gasteiger partial charge in [-0.25, -0.2) is 4.98 Å². The molecule has 1 unspecified atom stereocenters. The summed E-state index contributed by atoms with van der Waals surface area (Å²) in [4.78, 5) is 4.78. The monoisotopic (exact) mass is 292 g/mol. The van der Waals surface area contributed by atoms with Gasteiger partial charge in [-0.05, 0) is 43.8 Å². The van der Waals surface area contributed by atoms with Gasteiger partial charge in [0.05, 0.1) is 18.3 Å². The van der Waals surface area contributed by atoms with Crippen molar-refractivity contribution in [3.8, 4) is 17.0 Å². The second kappa shape index (κ2) is 6.16. The van der Waals surface area contributed by atoms with Crippen LogP contribution in [0.1, 0.15) is 18.5 Å². The van der Waals surface area contributed by atoms with Crippen LogP contribution in [0, 0.1) is 0 Å². The largest absolute Gasteiger partial charge is 0.496 e. The van der Waals surface area contributed by atoms with Crippen LogP contribution in [0.3, 0.4) is 0 Å². The molecule has 0 spiro atoms. The average Bonchev–Trinajstić information content (AvgIpc) is 2.60. The molecule has 0 fully saturated rings. The minimum atomic E-state index is 0.283. The maximum absolute atomic E-state index is 5.52. The van der Waals surface area contributed by atoms with Crippen molar-refractivity contribution in [2.24, 2.45) is 0 Å². The van der Waals surface area contributed by atoms with Crippen molar-refractivity contribution in [2.75, 3.05) is 14.2 Å². The summed E-state index contributed by atoms with van der Waals surface area (Å²) in [6.07, 6.45) is 0. The van der Waals surface area contributed by atoms with Crippen LogP contribution in [0.4, 0.5) is 0 Å². The number of rotatable bonds is 4. The number of fused-ring (bicyclic) bond motifs is 1. The van der Waals surface area contributed by atoms with Crippen molar-refractivity contribution in [1.29, 1.82) is 0 Å². The predicted molar refractivity (Wildman–Crippen MR) is 91.2 cm³/mol. The van der Waals surface area contributed by atoms with Gasteiger partial charge in [0.25, 0.3) is 0 Å². The van der Waals surface area contributed by atoms with E-state index in [1.807, 2.05) is 37.4 Å². The molecule has 0 bridgehead atoms. The lowest BCUT2D eigenvalue weighted by Gasteiger charge is -2.15. The van der Waals surface area contributed by atoms with Gasteiger partial charge in [-0.2, -0.15) is 0 Å². The van der Waals surface area contributed by atoms with E-state index in [2.05, 4.69) is 36.5 Å². The van der Waals surface area contributed by atoms with Gasteiger partial charge in [0.1, 0.15) is 5.75 Å². The minimum absolute atomic E-state index is 0.283. The Kier molecular flexibility index (Phi) is 4.07. The number of para-hydroxylation sites is 1. The van der Waals surface area contributed by atoms with E-state index in [1.54, 1.807) is 7.11 Å². The Hall–Kier alpha value is -2.39. The average molecular weight is 292 g/mol. The molecule has 3 heteroatoms. The molecule has 3 aromatic rings. The molecule has 1 heterocycles. The first-order valence-electron chi connectivity index (χ1n) is 7.44. The Morgan fingerprint density at radius 2 is 1.86 bits per heavy atom. The van der Waals surface area contributed by atoms with Crippen LogP contribution in [0.2, 0.25) is 0 Å². The Morgan fingerprint density at radius 3 is 2.64 bits per heavy atom.